The van der Waals surface area contributed by atoms with Crippen molar-refractivity contribution in [1.29, 1.82) is 0 Å². The number of amides is 2. The number of para-hydroxylation sites is 1. The molecule has 0 bridgehead atoms. The predicted molar refractivity (Wildman–Crippen MR) is 106 cm³/mol. The van der Waals surface area contributed by atoms with Gasteiger partial charge in [-0.25, -0.2) is 0 Å². The smallest absolute Gasteiger partial charge is 0.244 e. The third-order valence-corrected chi connectivity index (χ3v) is 4.48. The number of rotatable bonds is 7. The van der Waals surface area contributed by atoms with Crippen molar-refractivity contribution in [3.05, 3.63) is 65.2 Å². The van der Waals surface area contributed by atoms with Gasteiger partial charge in [-0.15, -0.1) is 0 Å². The lowest BCUT2D eigenvalue weighted by Gasteiger charge is -2.22. The van der Waals surface area contributed by atoms with E-state index >= 15 is 0 Å². The van der Waals surface area contributed by atoms with E-state index in [0.717, 1.165) is 28.8 Å². The van der Waals surface area contributed by atoms with Crippen molar-refractivity contribution in [3.8, 4) is 0 Å². The summed E-state index contributed by atoms with van der Waals surface area (Å²) in [5.74, 6) is 0.0570. The Kier molecular flexibility index (Phi) is 6.96. The Bertz CT molecular complexity index is 754. The van der Waals surface area contributed by atoms with Crippen LogP contribution < -0.4 is 5.32 Å². The molecule has 0 saturated carbocycles. The molecule has 2 amide bonds. The van der Waals surface area contributed by atoms with Crippen molar-refractivity contribution in [3.63, 3.8) is 0 Å². The highest BCUT2D eigenvalue weighted by Crippen LogP contribution is 2.27. The molecule has 0 spiro atoms. The highest BCUT2D eigenvalue weighted by molar-refractivity contribution is 5.95. The van der Waals surface area contributed by atoms with Gasteiger partial charge in [-0.2, -0.15) is 0 Å². The average Bonchev–Trinajstić information content (AvgIpc) is 2.60. The molecule has 4 heteroatoms. The molecular formula is C22H28N2O2. The summed E-state index contributed by atoms with van der Waals surface area (Å²) in [6, 6.07) is 16.0. The molecule has 0 radical (unpaired) electrons. The second-order valence-electron chi connectivity index (χ2n) is 6.92. The first-order valence-electron chi connectivity index (χ1n) is 9.07. The minimum absolute atomic E-state index is 0.0635. The van der Waals surface area contributed by atoms with Crippen LogP contribution in [0.5, 0.6) is 0 Å². The minimum Gasteiger partial charge on any atom is -0.333 e. The van der Waals surface area contributed by atoms with Crippen LogP contribution in [0.1, 0.15) is 43.4 Å². The number of benzene rings is 2. The van der Waals surface area contributed by atoms with Crippen LogP contribution in [0, 0.1) is 6.92 Å². The monoisotopic (exact) mass is 352 g/mol. The lowest BCUT2D eigenvalue weighted by Crippen LogP contribution is -2.38. The molecule has 26 heavy (non-hydrogen) atoms. The zero-order valence-corrected chi connectivity index (χ0v) is 16.1. The summed E-state index contributed by atoms with van der Waals surface area (Å²) in [4.78, 5) is 26.1. The first kappa shape index (κ1) is 19.7. The molecule has 2 aromatic carbocycles. The van der Waals surface area contributed by atoms with Crippen LogP contribution >= 0.6 is 0 Å². The molecule has 0 fully saturated rings. The van der Waals surface area contributed by atoms with Gasteiger partial charge in [0, 0.05) is 19.2 Å². The molecule has 1 N–H and O–H groups in total. The maximum atomic E-state index is 12.6. The van der Waals surface area contributed by atoms with Gasteiger partial charge < -0.3 is 10.2 Å². The van der Waals surface area contributed by atoms with E-state index in [4.69, 9.17) is 0 Å². The Morgan fingerprint density at radius 2 is 1.73 bits per heavy atom. The zero-order chi connectivity index (χ0) is 19.1. The topological polar surface area (TPSA) is 49.4 Å². The molecule has 0 aliphatic carbocycles. The van der Waals surface area contributed by atoms with E-state index < -0.39 is 0 Å². The van der Waals surface area contributed by atoms with Gasteiger partial charge in [0.2, 0.25) is 11.8 Å². The van der Waals surface area contributed by atoms with Gasteiger partial charge in [0.05, 0.1) is 6.54 Å². The highest BCUT2D eigenvalue weighted by atomic mass is 16.2. The second-order valence-corrected chi connectivity index (χ2v) is 6.92. The number of carbonyl (C=O) groups excluding carboxylic acids is 2. The van der Waals surface area contributed by atoms with E-state index in [9.17, 15) is 9.59 Å². The summed E-state index contributed by atoms with van der Waals surface area (Å²) in [5, 5.41) is 3.01. The summed E-state index contributed by atoms with van der Waals surface area (Å²) in [7, 11) is 0. The Morgan fingerprint density at radius 1 is 1.04 bits per heavy atom. The summed E-state index contributed by atoms with van der Waals surface area (Å²) in [6.45, 7) is 8.29. The molecule has 2 aromatic rings. The normalized spacial score (nSPS) is 10.7. The van der Waals surface area contributed by atoms with Crippen molar-refractivity contribution in [2.24, 2.45) is 0 Å². The van der Waals surface area contributed by atoms with Crippen molar-refractivity contribution >= 4 is 17.5 Å². The summed E-state index contributed by atoms with van der Waals surface area (Å²) >= 11 is 0. The SMILES string of the molecule is CC(=O)N(CCc1ccccc1)CC(=O)Nc1c(C)cccc1C(C)C. The standard InChI is InChI=1S/C22H28N2O2/c1-16(2)20-12-8-9-17(3)22(20)23-21(26)15-24(18(4)25)14-13-19-10-6-5-7-11-19/h5-12,16H,13-15H2,1-4H3,(H,23,26). The van der Waals surface area contributed by atoms with Gasteiger partial charge in [-0.05, 0) is 36.0 Å². The van der Waals surface area contributed by atoms with E-state index in [-0.39, 0.29) is 18.4 Å². The van der Waals surface area contributed by atoms with Crippen LogP contribution in [0.15, 0.2) is 48.5 Å². The van der Waals surface area contributed by atoms with Crippen molar-refractivity contribution in [2.75, 3.05) is 18.4 Å². The number of aryl methyl sites for hydroxylation is 1. The van der Waals surface area contributed by atoms with Gasteiger partial charge in [0.15, 0.2) is 0 Å². The van der Waals surface area contributed by atoms with Gasteiger partial charge >= 0.3 is 0 Å². The molecule has 0 saturated heterocycles. The molecule has 0 atom stereocenters. The molecule has 0 aliphatic heterocycles. The van der Waals surface area contributed by atoms with E-state index in [0.29, 0.717) is 12.5 Å². The predicted octanol–water partition coefficient (Wildman–Crippen LogP) is 4.15. The summed E-state index contributed by atoms with van der Waals surface area (Å²) < 4.78 is 0. The van der Waals surface area contributed by atoms with Crippen LogP contribution in [-0.2, 0) is 16.0 Å². The van der Waals surface area contributed by atoms with E-state index in [2.05, 4.69) is 19.2 Å². The van der Waals surface area contributed by atoms with Crippen LogP contribution in [0.3, 0.4) is 0 Å². The minimum atomic E-state index is -0.163. The molecule has 0 unspecified atom stereocenters. The number of nitrogens with one attached hydrogen (secondary N) is 1. The van der Waals surface area contributed by atoms with E-state index in [1.54, 1.807) is 4.90 Å². The van der Waals surface area contributed by atoms with Crippen molar-refractivity contribution in [2.45, 2.75) is 40.0 Å². The lowest BCUT2D eigenvalue weighted by molar-refractivity contribution is -0.132. The molecule has 0 heterocycles. The number of hydrogen-bond acceptors (Lipinski definition) is 2. The fourth-order valence-electron chi connectivity index (χ4n) is 2.95. The summed E-state index contributed by atoms with van der Waals surface area (Å²) in [6.07, 6.45) is 0.731. The second kappa shape index (κ2) is 9.18. The zero-order valence-electron chi connectivity index (χ0n) is 16.1. The summed E-state index contributed by atoms with van der Waals surface area (Å²) in [5.41, 5.74) is 4.15. The largest absolute Gasteiger partial charge is 0.333 e. The average molecular weight is 352 g/mol. The number of nitrogens with zero attached hydrogens (tertiary/aromatic N) is 1. The first-order chi connectivity index (χ1) is 12.4. The van der Waals surface area contributed by atoms with Gasteiger partial charge in [-0.3, -0.25) is 9.59 Å². The Hall–Kier alpha value is -2.62. The van der Waals surface area contributed by atoms with E-state index in [1.807, 2.05) is 55.5 Å². The first-order valence-corrected chi connectivity index (χ1v) is 9.07. The Labute approximate surface area is 156 Å². The van der Waals surface area contributed by atoms with Crippen LogP contribution in [-0.4, -0.2) is 29.8 Å². The van der Waals surface area contributed by atoms with Gasteiger partial charge in [-0.1, -0.05) is 62.4 Å². The number of hydrogen-bond donors (Lipinski definition) is 1. The Morgan fingerprint density at radius 3 is 2.35 bits per heavy atom. The van der Waals surface area contributed by atoms with E-state index in [1.165, 1.54) is 6.92 Å². The van der Waals surface area contributed by atoms with Gasteiger partial charge in [0.1, 0.15) is 0 Å². The molecule has 0 aliphatic rings. The number of anilines is 1. The molecular weight excluding hydrogens is 324 g/mol. The quantitative estimate of drug-likeness (QED) is 0.814. The third-order valence-electron chi connectivity index (χ3n) is 4.48. The number of carbonyl (C=O) groups is 2. The Balaban J connectivity index is 2.03. The van der Waals surface area contributed by atoms with Crippen LogP contribution in [0.4, 0.5) is 5.69 Å². The molecule has 138 valence electrons. The van der Waals surface area contributed by atoms with Crippen molar-refractivity contribution < 1.29 is 9.59 Å². The fourth-order valence-corrected chi connectivity index (χ4v) is 2.95. The third kappa shape index (κ3) is 5.45. The maximum absolute atomic E-state index is 12.6. The van der Waals surface area contributed by atoms with Crippen LogP contribution in [0.25, 0.3) is 0 Å². The lowest BCUT2D eigenvalue weighted by atomic mass is 9.98. The highest BCUT2D eigenvalue weighted by Gasteiger charge is 2.16. The molecule has 0 aromatic heterocycles. The molecule has 4 nitrogen and oxygen atoms in total. The van der Waals surface area contributed by atoms with Crippen LogP contribution in [0.2, 0.25) is 0 Å². The fraction of sp³-hybridized carbons (Fsp3) is 0.364. The maximum Gasteiger partial charge on any atom is 0.244 e. The van der Waals surface area contributed by atoms with Gasteiger partial charge in [0.25, 0.3) is 0 Å². The molecule has 2 rings (SSSR count). The van der Waals surface area contributed by atoms with Crippen molar-refractivity contribution in [1.82, 2.24) is 4.90 Å².